The van der Waals surface area contributed by atoms with Gasteiger partial charge in [0.2, 0.25) is 0 Å². The van der Waals surface area contributed by atoms with E-state index in [4.69, 9.17) is 4.74 Å². The third-order valence-corrected chi connectivity index (χ3v) is 1.28. The zero-order chi connectivity index (χ0) is 9.23. The minimum absolute atomic E-state index is 0.682. The molecule has 0 heterocycles. The maximum Gasteiger partial charge on any atom is 0.0671 e. The molecule has 0 aromatic rings. The van der Waals surface area contributed by atoms with Crippen molar-refractivity contribution >= 4 is 0 Å². The molecule has 2 nitrogen and oxygen atoms in total. The standard InChI is InChI=1S/C10H19NO/c1-4-6-11-7-5-8-12-9-10(2)3/h4,11H,1-2,5-9H2,3H3. The lowest BCUT2D eigenvalue weighted by Gasteiger charge is -2.03. The summed E-state index contributed by atoms with van der Waals surface area (Å²) in [6.07, 6.45) is 2.90. The molecule has 12 heavy (non-hydrogen) atoms. The fourth-order valence-corrected chi connectivity index (χ4v) is 0.750. The van der Waals surface area contributed by atoms with E-state index in [9.17, 15) is 0 Å². The largest absolute Gasteiger partial charge is 0.377 e. The predicted molar refractivity (Wildman–Crippen MR) is 53.3 cm³/mol. The second-order valence-electron chi connectivity index (χ2n) is 2.86. The summed E-state index contributed by atoms with van der Waals surface area (Å²) in [7, 11) is 0. The molecule has 0 fully saturated rings. The molecule has 0 bridgehead atoms. The Bertz CT molecular complexity index is 132. The number of hydrogen-bond donors (Lipinski definition) is 1. The van der Waals surface area contributed by atoms with Crippen LogP contribution in [0, 0.1) is 0 Å². The Labute approximate surface area is 75.3 Å². The summed E-state index contributed by atoms with van der Waals surface area (Å²) < 4.78 is 5.31. The molecule has 0 saturated carbocycles. The first kappa shape index (κ1) is 11.4. The Morgan fingerprint density at radius 2 is 2.33 bits per heavy atom. The molecule has 0 unspecified atom stereocenters. The first-order valence-corrected chi connectivity index (χ1v) is 4.31. The van der Waals surface area contributed by atoms with E-state index in [1.54, 1.807) is 0 Å². The van der Waals surface area contributed by atoms with Gasteiger partial charge in [0.1, 0.15) is 0 Å². The van der Waals surface area contributed by atoms with E-state index in [1.807, 2.05) is 13.0 Å². The van der Waals surface area contributed by atoms with Crippen molar-refractivity contribution in [1.29, 1.82) is 0 Å². The van der Waals surface area contributed by atoms with E-state index >= 15 is 0 Å². The van der Waals surface area contributed by atoms with Crippen LogP contribution in [-0.2, 0) is 4.74 Å². The van der Waals surface area contributed by atoms with Crippen LogP contribution in [0.15, 0.2) is 24.8 Å². The summed E-state index contributed by atoms with van der Waals surface area (Å²) in [5, 5.41) is 3.20. The highest BCUT2D eigenvalue weighted by Gasteiger charge is 1.88. The maximum absolute atomic E-state index is 5.31. The van der Waals surface area contributed by atoms with Crippen LogP contribution in [0.3, 0.4) is 0 Å². The van der Waals surface area contributed by atoms with Gasteiger partial charge >= 0.3 is 0 Å². The van der Waals surface area contributed by atoms with Crippen LogP contribution in [0.1, 0.15) is 13.3 Å². The highest BCUT2D eigenvalue weighted by molar-refractivity contribution is 4.87. The Balaban J connectivity index is 2.90. The van der Waals surface area contributed by atoms with E-state index in [0.717, 1.165) is 31.7 Å². The van der Waals surface area contributed by atoms with E-state index in [1.165, 1.54) is 0 Å². The van der Waals surface area contributed by atoms with Crippen molar-refractivity contribution < 1.29 is 4.74 Å². The molecule has 0 saturated heterocycles. The molecule has 0 aromatic heterocycles. The maximum atomic E-state index is 5.31. The molecule has 0 aromatic carbocycles. The van der Waals surface area contributed by atoms with Gasteiger partial charge in [0.25, 0.3) is 0 Å². The molecule has 0 amide bonds. The van der Waals surface area contributed by atoms with Crippen molar-refractivity contribution in [2.75, 3.05) is 26.3 Å². The first-order valence-electron chi connectivity index (χ1n) is 4.31. The summed E-state index contributed by atoms with van der Waals surface area (Å²) in [6.45, 7) is 12.7. The van der Waals surface area contributed by atoms with E-state index < -0.39 is 0 Å². The summed E-state index contributed by atoms with van der Waals surface area (Å²) in [5.74, 6) is 0. The van der Waals surface area contributed by atoms with E-state index in [0.29, 0.717) is 6.61 Å². The average molecular weight is 169 g/mol. The summed E-state index contributed by atoms with van der Waals surface area (Å²) >= 11 is 0. The van der Waals surface area contributed by atoms with Gasteiger partial charge < -0.3 is 10.1 Å². The van der Waals surface area contributed by atoms with Crippen LogP contribution in [0.5, 0.6) is 0 Å². The Kier molecular flexibility index (Phi) is 8.07. The molecule has 0 spiro atoms. The summed E-state index contributed by atoms with van der Waals surface area (Å²) in [4.78, 5) is 0. The topological polar surface area (TPSA) is 21.3 Å². The van der Waals surface area contributed by atoms with Gasteiger partial charge in [-0.05, 0) is 19.9 Å². The molecule has 0 aliphatic carbocycles. The number of hydrogen-bond acceptors (Lipinski definition) is 2. The second-order valence-corrected chi connectivity index (χ2v) is 2.86. The van der Waals surface area contributed by atoms with Crippen LogP contribution >= 0.6 is 0 Å². The van der Waals surface area contributed by atoms with Gasteiger partial charge in [0.05, 0.1) is 6.61 Å². The lowest BCUT2D eigenvalue weighted by atomic mass is 10.4. The van der Waals surface area contributed by atoms with E-state index in [-0.39, 0.29) is 0 Å². The molecule has 70 valence electrons. The molecular formula is C10H19NO. The molecule has 0 aliphatic heterocycles. The molecule has 0 radical (unpaired) electrons. The fraction of sp³-hybridized carbons (Fsp3) is 0.600. The minimum atomic E-state index is 0.682. The number of nitrogens with one attached hydrogen (secondary N) is 1. The Morgan fingerprint density at radius 1 is 1.58 bits per heavy atom. The van der Waals surface area contributed by atoms with Crippen molar-refractivity contribution in [3.8, 4) is 0 Å². The third kappa shape index (κ3) is 9.40. The van der Waals surface area contributed by atoms with Crippen LogP contribution in [0.25, 0.3) is 0 Å². The van der Waals surface area contributed by atoms with Gasteiger partial charge in [0, 0.05) is 13.2 Å². The normalized spacial score (nSPS) is 9.75. The van der Waals surface area contributed by atoms with Gasteiger partial charge in [-0.2, -0.15) is 0 Å². The molecular weight excluding hydrogens is 150 g/mol. The number of ether oxygens (including phenoxy) is 1. The fourth-order valence-electron chi connectivity index (χ4n) is 0.750. The van der Waals surface area contributed by atoms with Gasteiger partial charge in [0.15, 0.2) is 0 Å². The van der Waals surface area contributed by atoms with Crippen molar-refractivity contribution in [2.24, 2.45) is 0 Å². The van der Waals surface area contributed by atoms with Crippen molar-refractivity contribution in [3.63, 3.8) is 0 Å². The summed E-state index contributed by atoms with van der Waals surface area (Å²) in [5.41, 5.74) is 1.08. The van der Waals surface area contributed by atoms with Crippen LogP contribution in [-0.4, -0.2) is 26.3 Å². The van der Waals surface area contributed by atoms with Crippen molar-refractivity contribution in [1.82, 2.24) is 5.32 Å². The monoisotopic (exact) mass is 169 g/mol. The molecule has 1 N–H and O–H groups in total. The summed E-state index contributed by atoms with van der Waals surface area (Å²) in [6, 6.07) is 0. The highest BCUT2D eigenvalue weighted by Crippen LogP contribution is 1.89. The minimum Gasteiger partial charge on any atom is -0.377 e. The molecule has 0 aliphatic rings. The van der Waals surface area contributed by atoms with E-state index in [2.05, 4.69) is 18.5 Å². The SMILES string of the molecule is C=CCNCCCOCC(=C)C. The van der Waals surface area contributed by atoms with Gasteiger partial charge in [-0.3, -0.25) is 0 Å². The zero-order valence-electron chi connectivity index (χ0n) is 7.94. The molecule has 0 rings (SSSR count). The lowest BCUT2D eigenvalue weighted by Crippen LogP contribution is -2.16. The second kappa shape index (κ2) is 8.50. The molecule has 2 heteroatoms. The van der Waals surface area contributed by atoms with Crippen molar-refractivity contribution in [2.45, 2.75) is 13.3 Å². The van der Waals surface area contributed by atoms with Crippen LogP contribution in [0.4, 0.5) is 0 Å². The Hall–Kier alpha value is -0.600. The third-order valence-electron chi connectivity index (χ3n) is 1.28. The predicted octanol–water partition coefficient (Wildman–Crippen LogP) is 1.74. The highest BCUT2D eigenvalue weighted by atomic mass is 16.5. The first-order chi connectivity index (χ1) is 5.77. The Morgan fingerprint density at radius 3 is 2.92 bits per heavy atom. The van der Waals surface area contributed by atoms with Crippen LogP contribution < -0.4 is 5.32 Å². The lowest BCUT2D eigenvalue weighted by molar-refractivity contribution is 0.153. The number of rotatable bonds is 8. The average Bonchev–Trinajstić information content (AvgIpc) is 2.02. The van der Waals surface area contributed by atoms with Crippen LogP contribution in [0.2, 0.25) is 0 Å². The zero-order valence-corrected chi connectivity index (χ0v) is 7.94. The van der Waals surface area contributed by atoms with Gasteiger partial charge in [-0.1, -0.05) is 18.2 Å². The quantitative estimate of drug-likeness (QED) is 0.441. The molecule has 0 atom stereocenters. The van der Waals surface area contributed by atoms with Crippen molar-refractivity contribution in [3.05, 3.63) is 24.8 Å². The smallest absolute Gasteiger partial charge is 0.0671 e. The van der Waals surface area contributed by atoms with Gasteiger partial charge in [-0.15, -0.1) is 6.58 Å². The van der Waals surface area contributed by atoms with Gasteiger partial charge in [-0.25, -0.2) is 0 Å².